The molecule has 0 saturated heterocycles. The van der Waals surface area contributed by atoms with Crippen LogP contribution in [0.1, 0.15) is 46.5 Å². The van der Waals surface area contributed by atoms with Crippen molar-refractivity contribution in [2.24, 2.45) is 16.2 Å². The first-order valence-corrected chi connectivity index (χ1v) is 7.10. The zero-order valence-electron chi connectivity index (χ0n) is 11.2. The van der Waals surface area contributed by atoms with Gasteiger partial charge in [-0.05, 0) is 30.8 Å². The van der Waals surface area contributed by atoms with Gasteiger partial charge in [-0.2, -0.15) is 0 Å². The fourth-order valence-corrected chi connectivity index (χ4v) is 4.76. The molecule has 18 heavy (non-hydrogen) atoms. The summed E-state index contributed by atoms with van der Waals surface area (Å²) < 4.78 is 0. The van der Waals surface area contributed by atoms with Gasteiger partial charge in [-0.15, -0.1) is 11.6 Å². The predicted molar refractivity (Wildman–Crippen MR) is 70.5 cm³/mol. The highest BCUT2D eigenvalue weighted by Crippen LogP contribution is 2.67. The highest BCUT2D eigenvalue weighted by Gasteiger charge is 2.65. The summed E-state index contributed by atoms with van der Waals surface area (Å²) in [6.07, 6.45) is 4.83. The Hall–Kier alpha value is -0.630. The summed E-state index contributed by atoms with van der Waals surface area (Å²) in [5.74, 6) is 0.220. The minimum Gasteiger partial charge on any atom is -0.295 e. The molecule has 0 aromatic heterocycles. The number of fused-ring (bicyclic) bond motifs is 2. The van der Waals surface area contributed by atoms with Crippen LogP contribution < -0.4 is 0 Å². The van der Waals surface area contributed by atoms with Crippen LogP contribution in [0, 0.1) is 16.2 Å². The summed E-state index contributed by atoms with van der Waals surface area (Å²) in [5.41, 5.74) is -0.00149. The Bertz CT molecular complexity index is 491. The van der Waals surface area contributed by atoms with Crippen LogP contribution in [0.2, 0.25) is 0 Å². The molecule has 2 bridgehead atoms. The molecule has 0 unspecified atom stereocenters. The fourth-order valence-electron chi connectivity index (χ4n) is 4.29. The molecule has 0 aromatic rings. The minimum absolute atomic E-state index is 0.0937. The number of alkyl halides is 1. The number of ketones is 2. The van der Waals surface area contributed by atoms with E-state index in [-0.39, 0.29) is 27.8 Å². The van der Waals surface area contributed by atoms with E-state index < -0.39 is 5.41 Å². The third-order valence-electron chi connectivity index (χ3n) is 5.79. The standard InChI is InChI=1S/C15H19ClO2/c1-13(2)7-9(17)6-10-12(18)14(3)4-5-15(10,13)8-11(14)16/h6,11H,4-5,7-8H2,1-3H3/t11-,14+,15+/m0/s1. The van der Waals surface area contributed by atoms with Crippen molar-refractivity contribution in [2.45, 2.75) is 51.8 Å². The van der Waals surface area contributed by atoms with E-state index in [1.807, 2.05) is 6.92 Å². The van der Waals surface area contributed by atoms with Crippen molar-refractivity contribution in [3.63, 3.8) is 0 Å². The first kappa shape index (κ1) is 12.4. The maximum atomic E-state index is 12.7. The Kier molecular flexibility index (Phi) is 2.26. The quantitative estimate of drug-likeness (QED) is 0.631. The molecule has 1 spiro atoms. The minimum atomic E-state index is -0.456. The Balaban J connectivity index is 2.23. The van der Waals surface area contributed by atoms with Gasteiger partial charge in [0.25, 0.3) is 0 Å². The van der Waals surface area contributed by atoms with Gasteiger partial charge in [0.05, 0.1) is 0 Å². The van der Waals surface area contributed by atoms with Crippen molar-refractivity contribution in [1.29, 1.82) is 0 Å². The molecule has 3 saturated carbocycles. The highest BCUT2D eigenvalue weighted by molar-refractivity contribution is 6.25. The van der Waals surface area contributed by atoms with Gasteiger partial charge in [0, 0.05) is 28.2 Å². The van der Waals surface area contributed by atoms with Crippen LogP contribution in [-0.4, -0.2) is 16.9 Å². The summed E-state index contributed by atoms with van der Waals surface area (Å²) in [7, 11) is 0. The number of hydrogen-bond donors (Lipinski definition) is 0. The van der Waals surface area contributed by atoms with Crippen LogP contribution in [0.3, 0.4) is 0 Å². The molecule has 0 heterocycles. The Morgan fingerprint density at radius 2 is 1.89 bits per heavy atom. The maximum absolute atomic E-state index is 12.7. The first-order valence-electron chi connectivity index (χ1n) is 6.67. The summed E-state index contributed by atoms with van der Waals surface area (Å²) in [4.78, 5) is 24.6. The van der Waals surface area contributed by atoms with Gasteiger partial charge < -0.3 is 0 Å². The van der Waals surface area contributed by atoms with E-state index in [1.165, 1.54) is 0 Å². The molecule has 3 heteroatoms. The lowest BCUT2D eigenvalue weighted by molar-refractivity contribution is -0.142. The monoisotopic (exact) mass is 266 g/mol. The van der Waals surface area contributed by atoms with E-state index in [2.05, 4.69) is 13.8 Å². The third-order valence-corrected chi connectivity index (χ3v) is 6.42. The van der Waals surface area contributed by atoms with Gasteiger partial charge in [0.1, 0.15) is 0 Å². The van der Waals surface area contributed by atoms with E-state index >= 15 is 0 Å². The Labute approximate surface area is 113 Å². The second-order valence-electron chi connectivity index (χ2n) is 7.09. The van der Waals surface area contributed by atoms with Crippen LogP contribution in [0.4, 0.5) is 0 Å². The normalized spacial score (nSPS) is 45.8. The van der Waals surface area contributed by atoms with Crippen molar-refractivity contribution < 1.29 is 9.59 Å². The third kappa shape index (κ3) is 1.20. The van der Waals surface area contributed by atoms with Crippen molar-refractivity contribution in [3.8, 4) is 0 Å². The molecular weight excluding hydrogens is 248 g/mol. The number of hydrogen-bond acceptors (Lipinski definition) is 2. The second-order valence-corrected chi connectivity index (χ2v) is 7.61. The van der Waals surface area contributed by atoms with E-state index in [0.29, 0.717) is 6.42 Å². The SMILES string of the molecule is CC1(C)CC(=O)C=C2C(=O)[C@]3(C)CC[C@@]21C[C@@H]3Cl. The lowest BCUT2D eigenvalue weighted by Gasteiger charge is -2.62. The number of Topliss-reactive ketones (excluding diaryl/α,β-unsaturated/α-hetero) is 1. The van der Waals surface area contributed by atoms with E-state index in [0.717, 1.165) is 24.8 Å². The predicted octanol–water partition coefficient (Wildman–Crippen LogP) is 3.28. The van der Waals surface area contributed by atoms with Crippen LogP contribution in [-0.2, 0) is 9.59 Å². The zero-order valence-corrected chi connectivity index (χ0v) is 11.9. The summed E-state index contributed by atoms with van der Waals surface area (Å²) in [5, 5.41) is -0.0941. The maximum Gasteiger partial charge on any atom is 0.166 e. The van der Waals surface area contributed by atoms with Crippen molar-refractivity contribution >= 4 is 23.2 Å². The fraction of sp³-hybridized carbons (Fsp3) is 0.733. The van der Waals surface area contributed by atoms with Gasteiger partial charge in [0.15, 0.2) is 11.6 Å². The molecule has 0 amide bonds. The van der Waals surface area contributed by atoms with E-state index in [9.17, 15) is 9.59 Å². The molecule has 98 valence electrons. The van der Waals surface area contributed by atoms with Crippen LogP contribution in [0.5, 0.6) is 0 Å². The zero-order chi connectivity index (χ0) is 13.3. The molecular formula is C15H19ClO2. The average Bonchev–Trinajstić information content (AvgIpc) is 2.25. The molecule has 4 aliphatic carbocycles. The largest absolute Gasteiger partial charge is 0.295 e. The smallest absolute Gasteiger partial charge is 0.166 e. The Morgan fingerprint density at radius 3 is 2.50 bits per heavy atom. The van der Waals surface area contributed by atoms with Gasteiger partial charge in [-0.1, -0.05) is 20.8 Å². The molecule has 3 fully saturated rings. The number of halogens is 1. The molecule has 0 radical (unpaired) electrons. The van der Waals surface area contributed by atoms with Crippen molar-refractivity contribution in [1.82, 2.24) is 0 Å². The van der Waals surface area contributed by atoms with Gasteiger partial charge in [-0.3, -0.25) is 9.59 Å². The van der Waals surface area contributed by atoms with Gasteiger partial charge >= 0.3 is 0 Å². The second kappa shape index (κ2) is 3.27. The van der Waals surface area contributed by atoms with E-state index in [1.54, 1.807) is 6.08 Å². The summed E-state index contributed by atoms with van der Waals surface area (Å²) in [6.45, 7) is 6.19. The Morgan fingerprint density at radius 1 is 1.22 bits per heavy atom. The molecule has 2 nitrogen and oxygen atoms in total. The number of carbonyl (C=O) groups is 2. The average molecular weight is 267 g/mol. The molecule has 4 rings (SSSR count). The molecule has 4 aliphatic rings. The van der Waals surface area contributed by atoms with Crippen molar-refractivity contribution in [3.05, 3.63) is 11.6 Å². The molecule has 3 atom stereocenters. The molecule has 0 aliphatic heterocycles. The number of allylic oxidation sites excluding steroid dienone is 2. The van der Waals surface area contributed by atoms with Gasteiger partial charge in [0.2, 0.25) is 0 Å². The van der Waals surface area contributed by atoms with Crippen LogP contribution in [0.15, 0.2) is 11.6 Å². The van der Waals surface area contributed by atoms with Crippen molar-refractivity contribution in [2.75, 3.05) is 0 Å². The number of carbonyl (C=O) groups excluding carboxylic acids is 2. The van der Waals surface area contributed by atoms with Gasteiger partial charge in [-0.25, -0.2) is 0 Å². The highest BCUT2D eigenvalue weighted by atomic mass is 35.5. The lowest BCUT2D eigenvalue weighted by Crippen LogP contribution is -2.61. The van der Waals surface area contributed by atoms with E-state index in [4.69, 9.17) is 11.6 Å². The molecule has 0 N–H and O–H groups in total. The molecule has 0 aromatic carbocycles. The lowest BCUT2D eigenvalue weighted by atomic mass is 9.42. The summed E-state index contributed by atoms with van der Waals surface area (Å²) >= 11 is 6.49. The summed E-state index contributed by atoms with van der Waals surface area (Å²) in [6, 6.07) is 0. The van der Waals surface area contributed by atoms with Crippen LogP contribution >= 0.6 is 11.6 Å². The first-order chi connectivity index (χ1) is 8.23. The number of rotatable bonds is 0. The topological polar surface area (TPSA) is 34.1 Å². The van der Waals surface area contributed by atoms with Crippen LogP contribution in [0.25, 0.3) is 0 Å².